The lowest BCUT2D eigenvalue weighted by Crippen LogP contribution is -2.47. The highest BCUT2D eigenvalue weighted by Gasteiger charge is 2.55. The van der Waals surface area contributed by atoms with E-state index in [1.807, 2.05) is 0 Å². The molecule has 2 aromatic carbocycles. The highest BCUT2D eigenvalue weighted by Crippen LogP contribution is 2.46. The van der Waals surface area contributed by atoms with Crippen LogP contribution in [0.2, 0.25) is 0 Å². The Bertz CT molecular complexity index is 776. The van der Waals surface area contributed by atoms with E-state index in [-0.39, 0.29) is 13.2 Å². The van der Waals surface area contributed by atoms with Gasteiger partial charge in [-0.05, 0) is 29.8 Å². The highest BCUT2D eigenvalue weighted by atomic mass is 16.6. The minimum Gasteiger partial charge on any atom is -0.497 e. The van der Waals surface area contributed by atoms with E-state index in [1.165, 1.54) is 12.0 Å². The smallest absolute Gasteiger partial charge is 0.413 e. The van der Waals surface area contributed by atoms with Crippen molar-refractivity contribution in [3.8, 4) is 11.5 Å². The molecule has 0 unspecified atom stereocenters. The largest absolute Gasteiger partial charge is 0.497 e. The molecule has 0 aromatic heterocycles. The molecule has 2 atom stereocenters. The minimum absolute atomic E-state index is 0.185. The normalized spacial score (nSPS) is 21.9. The topological polar surface area (TPSA) is 77.5 Å². The van der Waals surface area contributed by atoms with Crippen LogP contribution in [-0.4, -0.2) is 50.6 Å². The Morgan fingerprint density at radius 1 is 1.00 bits per heavy atom. The lowest BCUT2D eigenvalue weighted by Gasteiger charge is -2.34. The molecule has 1 fully saturated rings. The molecule has 7 heteroatoms. The van der Waals surface area contributed by atoms with Crippen LogP contribution in [0.3, 0.4) is 0 Å². The van der Waals surface area contributed by atoms with Gasteiger partial charge in [-0.25, -0.2) is 4.79 Å². The molecule has 1 aliphatic rings. The Kier molecular flexibility index (Phi) is 5.53. The number of ether oxygens (including phenoxy) is 4. The molecular formula is C20H23NO6. The number of carbonyl (C=O) groups is 1. The average Bonchev–Trinajstić information content (AvgIpc) is 2.97. The number of aliphatic hydroxyl groups is 1. The summed E-state index contributed by atoms with van der Waals surface area (Å²) in [6, 6.07) is 14.0. The Labute approximate surface area is 158 Å². The van der Waals surface area contributed by atoms with Gasteiger partial charge in [-0.1, -0.05) is 24.3 Å². The number of amides is 1. The second kappa shape index (κ2) is 7.85. The first-order chi connectivity index (χ1) is 13.0. The molecular weight excluding hydrogens is 350 g/mol. The van der Waals surface area contributed by atoms with Crippen LogP contribution in [0, 0.1) is 0 Å². The van der Waals surface area contributed by atoms with Crippen LogP contribution in [-0.2, 0) is 15.2 Å². The maximum Gasteiger partial charge on any atom is 0.413 e. The van der Waals surface area contributed by atoms with Crippen molar-refractivity contribution in [2.75, 3.05) is 34.5 Å². The van der Waals surface area contributed by atoms with E-state index in [0.717, 1.165) is 0 Å². The maximum absolute atomic E-state index is 12.5. The molecule has 1 N–H and O–H groups in total. The number of carbonyl (C=O) groups excluding carboxylic acids is 1. The van der Waals surface area contributed by atoms with Crippen molar-refractivity contribution in [3.63, 3.8) is 0 Å². The third-order valence-corrected chi connectivity index (χ3v) is 4.67. The molecule has 7 nitrogen and oxygen atoms in total. The van der Waals surface area contributed by atoms with Gasteiger partial charge in [0.1, 0.15) is 11.5 Å². The first kappa shape index (κ1) is 19.0. The fourth-order valence-electron chi connectivity index (χ4n) is 3.19. The number of nitrogens with zero attached hydrogens (tertiary/aromatic N) is 1. The summed E-state index contributed by atoms with van der Waals surface area (Å²) in [4.78, 5) is 13.8. The van der Waals surface area contributed by atoms with Gasteiger partial charge in [0.2, 0.25) is 5.72 Å². The number of benzene rings is 2. The van der Waals surface area contributed by atoms with Crippen molar-refractivity contribution in [2.45, 2.75) is 11.8 Å². The van der Waals surface area contributed by atoms with E-state index in [2.05, 4.69) is 0 Å². The van der Waals surface area contributed by atoms with E-state index >= 15 is 0 Å². The number of hydrogen-bond acceptors (Lipinski definition) is 6. The molecule has 27 heavy (non-hydrogen) atoms. The summed E-state index contributed by atoms with van der Waals surface area (Å²) in [7, 11) is 4.68. The first-order valence-electron chi connectivity index (χ1n) is 8.52. The minimum atomic E-state index is -1.68. The number of hydrogen-bond donors (Lipinski definition) is 1. The van der Waals surface area contributed by atoms with Crippen LogP contribution in [0.15, 0.2) is 48.5 Å². The molecule has 0 aliphatic carbocycles. The molecule has 3 rings (SSSR count). The van der Waals surface area contributed by atoms with Gasteiger partial charge in [-0.2, -0.15) is 0 Å². The van der Waals surface area contributed by atoms with Crippen LogP contribution >= 0.6 is 0 Å². The molecule has 0 radical (unpaired) electrons. The standard InChI is InChI=1S/C20H23NO6/c1-24-13-12-21-19(22)27-18(14-4-8-16(25-2)9-5-14)20(21,23)15-6-10-17(26-3)11-7-15/h4-11,18,23H,12-13H2,1-3H3/t18-,20+/m0/s1. The summed E-state index contributed by atoms with van der Waals surface area (Å²) in [6.45, 7) is 0.452. The van der Waals surface area contributed by atoms with Gasteiger partial charge in [0.05, 0.1) is 27.4 Å². The second-order valence-corrected chi connectivity index (χ2v) is 6.14. The Balaban J connectivity index is 2.05. The van der Waals surface area contributed by atoms with Gasteiger partial charge >= 0.3 is 6.09 Å². The summed E-state index contributed by atoms with van der Waals surface area (Å²) in [6.07, 6.45) is -1.51. The SMILES string of the molecule is COCCN1C(=O)O[C@@H](c2ccc(OC)cc2)[C@]1(O)c1ccc(OC)cc1. The molecule has 0 saturated carbocycles. The van der Waals surface area contributed by atoms with Gasteiger partial charge in [-0.3, -0.25) is 4.90 Å². The molecule has 0 spiro atoms. The number of methoxy groups -OCH3 is 3. The van der Waals surface area contributed by atoms with Crippen LogP contribution < -0.4 is 9.47 Å². The molecule has 1 heterocycles. The summed E-state index contributed by atoms with van der Waals surface area (Å²) in [5, 5.41) is 11.7. The predicted octanol–water partition coefficient (Wildman–Crippen LogP) is 2.69. The molecule has 1 saturated heterocycles. The summed E-state index contributed by atoms with van der Waals surface area (Å²) in [5.74, 6) is 1.32. The zero-order valence-corrected chi connectivity index (χ0v) is 15.5. The quantitative estimate of drug-likeness (QED) is 0.804. The van der Waals surface area contributed by atoms with Crippen LogP contribution in [0.25, 0.3) is 0 Å². The molecule has 2 aromatic rings. The van der Waals surface area contributed by atoms with Crippen LogP contribution in [0.4, 0.5) is 4.79 Å². The van der Waals surface area contributed by atoms with Gasteiger partial charge < -0.3 is 24.1 Å². The number of cyclic esters (lactones) is 1. The lowest BCUT2D eigenvalue weighted by molar-refractivity contribution is -0.113. The predicted molar refractivity (Wildman–Crippen MR) is 97.7 cm³/mol. The summed E-state index contributed by atoms with van der Waals surface area (Å²) >= 11 is 0. The Morgan fingerprint density at radius 3 is 2.07 bits per heavy atom. The average molecular weight is 373 g/mol. The Hall–Kier alpha value is -2.77. The fourth-order valence-corrected chi connectivity index (χ4v) is 3.19. The second-order valence-electron chi connectivity index (χ2n) is 6.14. The number of rotatable bonds is 7. The van der Waals surface area contributed by atoms with Gasteiger partial charge in [0, 0.05) is 12.7 Å². The van der Waals surface area contributed by atoms with E-state index in [9.17, 15) is 9.90 Å². The summed E-state index contributed by atoms with van der Waals surface area (Å²) in [5.41, 5.74) is -0.510. The van der Waals surface area contributed by atoms with Crippen LogP contribution in [0.5, 0.6) is 11.5 Å². The van der Waals surface area contributed by atoms with Crippen LogP contribution in [0.1, 0.15) is 17.2 Å². The van der Waals surface area contributed by atoms with Gasteiger partial charge in [0.25, 0.3) is 0 Å². The van der Waals surface area contributed by atoms with Crippen molar-refractivity contribution in [1.82, 2.24) is 4.90 Å². The zero-order valence-electron chi connectivity index (χ0n) is 15.5. The molecule has 0 bridgehead atoms. The van der Waals surface area contributed by atoms with Crippen molar-refractivity contribution in [2.24, 2.45) is 0 Å². The third kappa shape index (κ3) is 3.43. The Morgan fingerprint density at radius 2 is 1.56 bits per heavy atom. The van der Waals surface area contributed by atoms with Crippen molar-refractivity contribution < 1.29 is 28.8 Å². The molecule has 1 aliphatic heterocycles. The summed E-state index contributed by atoms with van der Waals surface area (Å²) < 4.78 is 21.0. The first-order valence-corrected chi connectivity index (χ1v) is 8.52. The third-order valence-electron chi connectivity index (χ3n) is 4.67. The monoisotopic (exact) mass is 373 g/mol. The zero-order chi connectivity index (χ0) is 19.4. The van der Waals surface area contributed by atoms with Crippen molar-refractivity contribution >= 4 is 6.09 Å². The maximum atomic E-state index is 12.5. The van der Waals surface area contributed by atoms with E-state index < -0.39 is 17.9 Å². The van der Waals surface area contributed by atoms with Gasteiger partial charge in [-0.15, -0.1) is 0 Å². The molecule has 144 valence electrons. The highest BCUT2D eigenvalue weighted by molar-refractivity contribution is 5.72. The van der Waals surface area contributed by atoms with E-state index in [1.54, 1.807) is 62.8 Å². The molecule has 1 amide bonds. The fraction of sp³-hybridized carbons (Fsp3) is 0.350. The lowest BCUT2D eigenvalue weighted by atomic mass is 9.91. The van der Waals surface area contributed by atoms with Crippen molar-refractivity contribution in [1.29, 1.82) is 0 Å². The van der Waals surface area contributed by atoms with E-state index in [4.69, 9.17) is 18.9 Å². The van der Waals surface area contributed by atoms with Gasteiger partial charge in [0.15, 0.2) is 6.10 Å². The van der Waals surface area contributed by atoms with Crippen molar-refractivity contribution in [3.05, 3.63) is 59.7 Å². The van der Waals surface area contributed by atoms with E-state index in [0.29, 0.717) is 22.6 Å².